The summed E-state index contributed by atoms with van der Waals surface area (Å²) in [5, 5.41) is 3.19. The highest BCUT2D eigenvalue weighted by molar-refractivity contribution is 14.1. The van der Waals surface area contributed by atoms with Crippen molar-refractivity contribution >= 4 is 28.5 Å². The Hall–Kier alpha value is 0.200. The van der Waals surface area contributed by atoms with E-state index in [1.807, 2.05) is 0 Å². The maximum Gasteiger partial charge on any atom is 0.220 e. The Morgan fingerprint density at radius 3 is 2.29 bits per heavy atom. The molecule has 1 unspecified atom stereocenters. The lowest BCUT2D eigenvalue weighted by Gasteiger charge is -2.21. The lowest BCUT2D eigenvalue weighted by molar-refractivity contribution is -0.122. The van der Waals surface area contributed by atoms with Crippen LogP contribution in [0.1, 0.15) is 58.8 Å². The lowest BCUT2D eigenvalue weighted by atomic mass is 9.96. The normalized spacial score (nSPS) is 20.0. The molecule has 1 atom stereocenters. The molecule has 0 aromatic rings. The smallest absolute Gasteiger partial charge is 0.220 e. The van der Waals surface area contributed by atoms with Crippen LogP contribution in [-0.4, -0.2) is 16.4 Å². The van der Waals surface area contributed by atoms with Crippen molar-refractivity contribution in [3.63, 3.8) is 0 Å². The van der Waals surface area contributed by atoms with E-state index in [0.29, 0.717) is 17.9 Å². The van der Waals surface area contributed by atoms with Gasteiger partial charge in [-0.25, -0.2) is 0 Å². The van der Waals surface area contributed by atoms with E-state index in [0.717, 1.165) is 10.8 Å². The summed E-state index contributed by atoms with van der Waals surface area (Å²) in [4.78, 5) is 12.0. The van der Waals surface area contributed by atoms with Gasteiger partial charge in [-0.3, -0.25) is 4.79 Å². The summed E-state index contributed by atoms with van der Waals surface area (Å²) in [6, 6.07) is 0.342. The molecule has 0 spiro atoms. The van der Waals surface area contributed by atoms with Crippen molar-refractivity contribution in [2.24, 2.45) is 11.8 Å². The fourth-order valence-corrected chi connectivity index (χ4v) is 3.72. The number of carbonyl (C=O) groups excluding carboxylic acids is 1. The Kier molecular flexibility index (Phi) is 7.47. The standard InChI is InChI=1S/C14H26INO/c1-11(2)13(10-15)16-14(17)9-12-7-5-3-4-6-8-12/h11-13H,3-10H2,1-2H3,(H,16,17). The van der Waals surface area contributed by atoms with E-state index in [1.165, 1.54) is 38.5 Å². The van der Waals surface area contributed by atoms with Crippen LogP contribution in [0.3, 0.4) is 0 Å². The van der Waals surface area contributed by atoms with Gasteiger partial charge in [-0.05, 0) is 24.7 Å². The van der Waals surface area contributed by atoms with E-state index in [9.17, 15) is 4.79 Å². The molecule has 1 rings (SSSR count). The molecule has 17 heavy (non-hydrogen) atoms. The third kappa shape index (κ3) is 6.07. The predicted octanol–water partition coefficient (Wildman–Crippen LogP) is 3.92. The maximum atomic E-state index is 12.0. The molecular weight excluding hydrogens is 325 g/mol. The lowest BCUT2D eigenvalue weighted by Crippen LogP contribution is -2.40. The molecule has 0 aromatic heterocycles. The van der Waals surface area contributed by atoms with Gasteiger partial charge in [0.1, 0.15) is 0 Å². The van der Waals surface area contributed by atoms with Crippen LogP contribution in [0, 0.1) is 11.8 Å². The minimum atomic E-state index is 0.271. The Morgan fingerprint density at radius 2 is 1.82 bits per heavy atom. The second kappa shape index (κ2) is 8.33. The molecule has 3 heteroatoms. The largest absolute Gasteiger partial charge is 0.352 e. The van der Waals surface area contributed by atoms with Crippen molar-refractivity contribution in [1.82, 2.24) is 5.32 Å². The zero-order chi connectivity index (χ0) is 12.7. The molecule has 0 saturated heterocycles. The number of alkyl halides is 1. The highest BCUT2D eigenvalue weighted by Gasteiger charge is 2.19. The molecule has 1 aliphatic carbocycles. The van der Waals surface area contributed by atoms with Crippen LogP contribution >= 0.6 is 22.6 Å². The summed E-state index contributed by atoms with van der Waals surface area (Å²) in [6.45, 7) is 4.35. The molecule has 0 bridgehead atoms. The zero-order valence-electron chi connectivity index (χ0n) is 11.2. The number of hydrogen-bond donors (Lipinski definition) is 1. The number of rotatable bonds is 5. The molecule has 100 valence electrons. The van der Waals surface area contributed by atoms with Crippen LogP contribution in [0.15, 0.2) is 0 Å². The molecule has 1 saturated carbocycles. The third-order valence-corrected chi connectivity index (χ3v) is 4.72. The first-order valence-corrected chi connectivity index (χ1v) is 8.51. The van der Waals surface area contributed by atoms with E-state index in [2.05, 4.69) is 41.8 Å². The number of hydrogen-bond acceptors (Lipinski definition) is 1. The molecule has 1 N–H and O–H groups in total. The second-order valence-electron chi connectivity index (χ2n) is 5.63. The molecule has 2 nitrogen and oxygen atoms in total. The summed E-state index contributed by atoms with van der Waals surface area (Å²) in [5.74, 6) is 1.44. The molecule has 0 aromatic carbocycles. The fraction of sp³-hybridized carbons (Fsp3) is 0.929. The topological polar surface area (TPSA) is 29.1 Å². The molecule has 1 fully saturated rings. The van der Waals surface area contributed by atoms with Gasteiger partial charge in [0.2, 0.25) is 5.91 Å². The summed E-state index contributed by atoms with van der Waals surface area (Å²) >= 11 is 2.36. The van der Waals surface area contributed by atoms with E-state index < -0.39 is 0 Å². The van der Waals surface area contributed by atoms with Gasteiger partial charge in [0.05, 0.1) is 0 Å². The van der Waals surface area contributed by atoms with E-state index in [4.69, 9.17) is 0 Å². The van der Waals surface area contributed by atoms with Gasteiger partial charge in [0.15, 0.2) is 0 Å². The van der Waals surface area contributed by atoms with Gasteiger partial charge in [-0.1, -0.05) is 62.1 Å². The van der Waals surface area contributed by atoms with Crippen molar-refractivity contribution in [2.75, 3.05) is 4.43 Å². The van der Waals surface area contributed by atoms with Crippen molar-refractivity contribution < 1.29 is 4.79 Å². The highest BCUT2D eigenvalue weighted by atomic mass is 127. The highest BCUT2D eigenvalue weighted by Crippen LogP contribution is 2.25. The van der Waals surface area contributed by atoms with Crippen molar-refractivity contribution in [2.45, 2.75) is 64.8 Å². The van der Waals surface area contributed by atoms with Crippen LogP contribution in [-0.2, 0) is 4.79 Å². The van der Waals surface area contributed by atoms with E-state index >= 15 is 0 Å². The second-order valence-corrected chi connectivity index (χ2v) is 6.51. The van der Waals surface area contributed by atoms with Crippen LogP contribution in [0.2, 0.25) is 0 Å². The molecule has 0 aliphatic heterocycles. The quantitative estimate of drug-likeness (QED) is 0.454. The Morgan fingerprint density at radius 1 is 1.24 bits per heavy atom. The number of halogens is 1. The Balaban J connectivity index is 2.32. The molecule has 1 amide bonds. The van der Waals surface area contributed by atoms with Gasteiger partial charge in [-0.15, -0.1) is 0 Å². The average molecular weight is 351 g/mol. The van der Waals surface area contributed by atoms with Crippen LogP contribution in [0.4, 0.5) is 0 Å². The first kappa shape index (κ1) is 15.3. The SMILES string of the molecule is CC(C)C(CI)NC(=O)CC1CCCCCC1. The fourth-order valence-electron chi connectivity index (χ4n) is 2.48. The number of nitrogens with one attached hydrogen (secondary N) is 1. The Bertz CT molecular complexity index is 222. The molecular formula is C14H26INO. The summed E-state index contributed by atoms with van der Waals surface area (Å²) in [5.41, 5.74) is 0. The number of amides is 1. The van der Waals surface area contributed by atoms with Gasteiger partial charge < -0.3 is 5.32 Å². The van der Waals surface area contributed by atoms with Crippen molar-refractivity contribution in [1.29, 1.82) is 0 Å². The van der Waals surface area contributed by atoms with Crippen molar-refractivity contribution in [3.05, 3.63) is 0 Å². The zero-order valence-corrected chi connectivity index (χ0v) is 13.3. The third-order valence-electron chi connectivity index (χ3n) is 3.77. The monoisotopic (exact) mass is 351 g/mol. The first-order chi connectivity index (χ1) is 8.13. The van der Waals surface area contributed by atoms with Gasteiger partial charge in [-0.2, -0.15) is 0 Å². The van der Waals surface area contributed by atoms with Gasteiger partial charge in [0.25, 0.3) is 0 Å². The van der Waals surface area contributed by atoms with Crippen LogP contribution < -0.4 is 5.32 Å². The van der Waals surface area contributed by atoms with Crippen LogP contribution in [0.5, 0.6) is 0 Å². The van der Waals surface area contributed by atoms with Gasteiger partial charge in [0, 0.05) is 16.9 Å². The average Bonchev–Trinajstić information content (AvgIpc) is 2.54. The maximum absolute atomic E-state index is 12.0. The summed E-state index contributed by atoms with van der Waals surface area (Å²) < 4.78 is 1.01. The summed E-state index contributed by atoms with van der Waals surface area (Å²) in [7, 11) is 0. The molecule has 0 heterocycles. The summed E-state index contributed by atoms with van der Waals surface area (Å²) in [6.07, 6.45) is 8.62. The molecule has 0 radical (unpaired) electrons. The van der Waals surface area contributed by atoms with Crippen molar-refractivity contribution in [3.8, 4) is 0 Å². The minimum Gasteiger partial charge on any atom is -0.352 e. The van der Waals surface area contributed by atoms with E-state index in [-0.39, 0.29) is 5.91 Å². The number of carbonyl (C=O) groups is 1. The predicted molar refractivity (Wildman–Crippen MR) is 81.5 cm³/mol. The first-order valence-electron chi connectivity index (χ1n) is 6.98. The van der Waals surface area contributed by atoms with Gasteiger partial charge >= 0.3 is 0 Å². The Labute approximate surface area is 119 Å². The van der Waals surface area contributed by atoms with E-state index in [1.54, 1.807) is 0 Å². The minimum absolute atomic E-state index is 0.271. The van der Waals surface area contributed by atoms with Crippen LogP contribution in [0.25, 0.3) is 0 Å². The molecule has 1 aliphatic rings.